The van der Waals surface area contributed by atoms with Gasteiger partial charge in [-0.15, -0.1) is 0 Å². The number of halogens is 2. The fourth-order valence-electron chi connectivity index (χ4n) is 4.23. The molecule has 134 valence electrons. The molecular weight excluding hydrogens is 353 g/mol. The molecule has 4 atom stereocenters. The molecule has 0 amide bonds. The van der Waals surface area contributed by atoms with E-state index in [9.17, 15) is 5.11 Å². The van der Waals surface area contributed by atoms with Gasteiger partial charge in [-0.05, 0) is 41.8 Å². The zero-order valence-corrected chi connectivity index (χ0v) is 16.4. The highest BCUT2D eigenvalue weighted by Gasteiger charge is 2.49. The molecule has 2 nitrogen and oxygen atoms in total. The van der Waals surface area contributed by atoms with Crippen molar-refractivity contribution in [1.29, 1.82) is 0 Å². The van der Waals surface area contributed by atoms with E-state index in [2.05, 4.69) is 26.1 Å². The van der Waals surface area contributed by atoms with E-state index in [4.69, 9.17) is 23.2 Å². The van der Waals surface area contributed by atoms with E-state index in [0.717, 1.165) is 21.2 Å². The van der Waals surface area contributed by atoms with Crippen molar-refractivity contribution in [2.24, 2.45) is 11.8 Å². The summed E-state index contributed by atoms with van der Waals surface area (Å²) in [6.07, 6.45) is 0.713. The SMILES string of the molecule is CCC1(O)[C@H](C)[C@H](c2ccc(Cl)cc2)N[C@@H](c2ccc(Cl)cc2)[C@H]1C. The summed E-state index contributed by atoms with van der Waals surface area (Å²) in [7, 11) is 0. The van der Waals surface area contributed by atoms with Crippen LogP contribution in [0.2, 0.25) is 10.0 Å². The molecule has 0 aliphatic carbocycles. The lowest BCUT2D eigenvalue weighted by Gasteiger charge is -2.52. The summed E-state index contributed by atoms with van der Waals surface area (Å²) in [5.74, 6) is 0.162. The molecule has 4 heteroatoms. The Morgan fingerprint density at radius 1 is 0.840 bits per heavy atom. The van der Waals surface area contributed by atoms with Crippen LogP contribution in [-0.2, 0) is 0 Å². The summed E-state index contributed by atoms with van der Waals surface area (Å²) in [5.41, 5.74) is 1.55. The van der Waals surface area contributed by atoms with Crippen molar-refractivity contribution in [3.63, 3.8) is 0 Å². The van der Waals surface area contributed by atoms with E-state index < -0.39 is 5.60 Å². The second kappa shape index (κ2) is 7.28. The van der Waals surface area contributed by atoms with E-state index >= 15 is 0 Å². The van der Waals surface area contributed by atoms with Crippen LogP contribution in [0.1, 0.15) is 50.4 Å². The maximum Gasteiger partial charge on any atom is 0.0732 e. The van der Waals surface area contributed by atoms with E-state index in [1.54, 1.807) is 0 Å². The highest BCUT2D eigenvalue weighted by atomic mass is 35.5. The van der Waals surface area contributed by atoms with Gasteiger partial charge in [0.15, 0.2) is 0 Å². The Morgan fingerprint density at radius 2 is 1.20 bits per heavy atom. The van der Waals surface area contributed by atoms with Crippen LogP contribution in [0.25, 0.3) is 0 Å². The molecule has 0 saturated carbocycles. The van der Waals surface area contributed by atoms with E-state index in [-0.39, 0.29) is 23.9 Å². The van der Waals surface area contributed by atoms with Gasteiger partial charge in [0.05, 0.1) is 5.60 Å². The fraction of sp³-hybridized carbons (Fsp3) is 0.429. The summed E-state index contributed by atoms with van der Waals surface area (Å²) in [5, 5.41) is 16.7. The van der Waals surface area contributed by atoms with E-state index in [1.165, 1.54) is 0 Å². The predicted octanol–water partition coefficient (Wildman–Crippen LogP) is 5.79. The van der Waals surface area contributed by atoms with Gasteiger partial charge >= 0.3 is 0 Å². The number of piperidine rings is 1. The Bertz CT molecular complexity index is 656. The summed E-state index contributed by atoms with van der Waals surface area (Å²) >= 11 is 12.1. The van der Waals surface area contributed by atoms with Crippen molar-refractivity contribution in [2.45, 2.75) is 44.9 Å². The van der Waals surface area contributed by atoms with Gasteiger partial charge in [-0.1, -0.05) is 68.2 Å². The summed E-state index contributed by atoms with van der Waals surface area (Å²) < 4.78 is 0. The zero-order chi connectivity index (χ0) is 18.2. The van der Waals surface area contributed by atoms with Gasteiger partial charge in [-0.2, -0.15) is 0 Å². The summed E-state index contributed by atoms with van der Waals surface area (Å²) in [6, 6.07) is 15.9. The number of hydrogen-bond donors (Lipinski definition) is 2. The maximum atomic E-state index is 11.5. The molecule has 25 heavy (non-hydrogen) atoms. The van der Waals surface area contributed by atoms with Crippen molar-refractivity contribution in [3.8, 4) is 0 Å². The lowest BCUT2D eigenvalue weighted by molar-refractivity contribution is -0.113. The number of benzene rings is 2. The third-order valence-electron chi connectivity index (χ3n) is 5.96. The lowest BCUT2D eigenvalue weighted by atomic mass is 9.65. The summed E-state index contributed by atoms with van der Waals surface area (Å²) in [4.78, 5) is 0. The first-order chi connectivity index (χ1) is 11.9. The normalized spacial score (nSPS) is 32.6. The minimum atomic E-state index is -0.750. The molecular formula is C21H25Cl2NO. The first-order valence-electron chi connectivity index (χ1n) is 8.86. The molecule has 3 rings (SSSR count). The highest BCUT2D eigenvalue weighted by Crippen LogP contribution is 2.48. The Hall–Kier alpha value is -1.06. The van der Waals surface area contributed by atoms with E-state index in [1.807, 2.05) is 48.5 Å². The molecule has 1 saturated heterocycles. The van der Waals surface area contributed by atoms with Gasteiger partial charge in [0, 0.05) is 34.0 Å². The fourth-order valence-corrected chi connectivity index (χ4v) is 4.48. The van der Waals surface area contributed by atoms with Crippen molar-refractivity contribution < 1.29 is 5.11 Å². The van der Waals surface area contributed by atoms with Gasteiger partial charge in [-0.25, -0.2) is 0 Å². The largest absolute Gasteiger partial charge is 0.389 e. The molecule has 0 bridgehead atoms. The van der Waals surface area contributed by atoms with Crippen molar-refractivity contribution in [2.75, 3.05) is 0 Å². The minimum absolute atomic E-state index is 0.0547. The van der Waals surface area contributed by atoms with Crippen molar-refractivity contribution >= 4 is 23.2 Å². The quantitative estimate of drug-likeness (QED) is 0.708. The predicted molar refractivity (Wildman–Crippen MR) is 105 cm³/mol. The monoisotopic (exact) mass is 377 g/mol. The minimum Gasteiger partial charge on any atom is -0.389 e. The average Bonchev–Trinajstić information content (AvgIpc) is 2.62. The molecule has 2 aromatic rings. The molecule has 0 aromatic heterocycles. The number of hydrogen-bond acceptors (Lipinski definition) is 2. The second-order valence-electron chi connectivity index (χ2n) is 7.15. The molecule has 1 heterocycles. The van der Waals surface area contributed by atoms with Crippen LogP contribution in [0.5, 0.6) is 0 Å². The van der Waals surface area contributed by atoms with Gasteiger partial charge in [-0.3, -0.25) is 0 Å². The Labute approximate surface area is 160 Å². The third-order valence-corrected chi connectivity index (χ3v) is 6.46. The molecule has 2 N–H and O–H groups in total. The van der Waals surface area contributed by atoms with Crippen LogP contribution in [0.3, 0.4) is 0 Å². The average molecular weight is 378 g/mol. The maximum absolute atomic E-state index is 11.5. The lowest BCUT2D eigenvalue weighted by Crippen LogP contribution is -2.57. The second-order valence-corrected chi connectivity index (χ2v) is 8.02. The molecule has 0 spiro atoms. The Morgan fingerprint density at radius 3 is 1.52 bits per heavy atom. The Balaban J connectivity index is 2.01. The third kappa shape index (κ3) is 3.46. The summed E-state index contributed by atoms with van der Waals surface area (Å²) in [6.45, 7) is 6.32. The van der Waals surface area contributed by atoms with Crippen molar-refractivity contribution in [3.05, 3.63) is 69.7 Å². The van der Waals surface area contributed by atoms with Gasteiger partial charge < -0.3 is 10.4 Å². The number of nitrogens with one attached hydrogen (secondary N) is 1. The van der Waals surface area contributed by atoms with E-state index in [0.29, 0.717) is 6.42 Å². The first kappa shape index (κ1) is 18.7. The standard InChI is InChI=1S/C21H25Cl2NO/c1-4-21(25)13(2)19(15-5-9-17(22)10-6-15)24-20(14(21)3)16-7-11-18(23)12-8-16/h5-14,19-20,24-25H,4H2,1-3H3/t13-,14-,19-,20-/m1/s1. The topological polar surface area (TPSA) is 32.3 Å². The smallest absolute Gasteiger partial charge is 0.0732 e. The molecule has 0 radical (unpaired) electrons. The molecule has 2 aromatic carbocycles. The van der Waals surface area contributed by atoms with Gasteiger partial charge in [0.2, 0.25) is 0 Å². The van der Waals surface area contributed by atoms with Crippen LogP contribution >= 0.6 is 23.2 Å². The highest BCUT2D eigenvalue weighted by molar-refractivity contribution is 6.30. The van der Waals surface area contributed by atoms with Crippen LogP contribution in [0, 0.1) is 11.8 Å². The zero-order valence-electron chi connectivity index (χ0n) is 14.8. The van der Waals surface area contributed by atoms with Crippen LogP contribution < -0.4 is 5.32 Å². The van der Waals surface area contributed by atoms with Crippen molar-refractivity contribution in [1.82, 2.24) is 5.32 Å². The van der Waals surface area contributed by atoms with Crippen LogP contribution in [0.15, 0.2) is 48.5 Å². The van der Waals surface area contributed by atoms with Gasteiger partial charge in [0.1, 0.15) is 0 Å². The van der Waals surface area contributed by atoms with Gasteiger partial charge in [0.25, 0.3) is 0 Å². The molecule has 1 fully saturated rings. The van der Waals surface area contributed by atoms with Crippen LogP contribution in [-0.4, -0.2) is 10.7 Å². The molecule has 1 aliphatic rings. The molecule has 1 aliphatic heterocycles. The van der Waals surface area contributed by atoms with Crippen LogP contribution in [0.4, 0.5) is 0 Å². The number of aliphatic hydroxyl groups is 1. The Kier molecular flexibility index (Phi) is 5.45. The number of rotatable bonds is 3. The first-order valence-corrected chi connectivity index (χ1v) is 9.61. The molecule has 0 unspecified atom stereocenters.